The molecule has 0 saturated carbocycles. The van der Waals surface area contributed by atoms with Gasteiger partial charge in [-0.3, -0.25) is 14.4 Å². The molecule has 9 heteroatoms. The van der Waals surface area contributed by atoms with Gasteiger partial charge in [0, 0.05) is 24.5 Å². The molecule has 1 N–H and O–H groups in total. The first kappa shape index (κ1) is 22.2. The van der Waals surface area contributed by atoms with E-state index in [-0.39, 0.29) is 30.7 Å². The van der Waals surface area contributed by atoms with E-state index in [0.717, 1.165) is 0 Å². The number of anilines is 1. The molecule has 2 heterocycles. The Bertz CT molecular complexity index is 917. The normalized spacial score (nSPS) is 16.0. The molecule has 1 aliphatic heterocycles. The van der Waals surface area contributed by atoms with Crippen molar-refractivity contribution in [3.8, 4) is 0 Å². The first-order valence-electron chi connectivity index (χ1n) is 9.71. The lowest BCUT2D eigenvalue weighted by molar-refractivity contribution is -0.138. The summed E-state index contributed by atoms with van der Waals surface area (Å²) in [5.74, 6) is -0.479. The Morgan fingerprint density at radius 3 is 2.77 bits per heavy atom. The van der Waals surface area contributed by atoms with Gasteiger partial charge in [-0.2, -0.15) is 0 Å². The third-order valence-electron chi connectivity index (χ3n) is 4.84. The largest absolute Gasteiger partial charge is 0.467 e. The molecule has 1 atom stereocenters. The number of nitrogens with zero attached hydrogens (tertiary/aromatic N) is 2. The summed E-state index contributed by atoms with van der Waals surface area (Å²) in [6.07, 6.45) is 2.37. The fourth-order valence-electron chi connectivity index (χ4n) is 3.43. The minimum Gasteiger partial charge on any atom is -0.467 e. The second kappa shape index (κ2) is 10.00. The van der Waals surface area contributed by atoms with Crippen LogP contribution in [0, 0.1) is 5.92 Å². The van der Waals surface area contributed by atoms with Crippen LogP contribution in [-0.4, -0.2) is 47.2 Å². The Balaban J connectivity index is 1.61. The van der Waals surface area contributed by atoms with Gasteiger partial charge in [0.25, 0.3) is 0 Å². The summed E-state index contributed by atoms with van der Waals surface area (Å²) < 4.78 is 5.29. The molecule has 1 aromatic heterocycles. The first-order valence-corrected chi connectivity index (χ1v) is 10.5. The smallest absolute Gasteiger partial charge is 0.244 e. The fraction of sp³-hybridized carbons (Fsp3) is 0.381. The number of halogens is 2. The van der Waals surface area contributed by atoms with Crippen molar-refractivity contribution in [1.82, 2.24) is 9.80 Å². The summed E-state index contributed by atoms with van der Waals surface area (Å²) in [5, 5.41) is 3.49. The summed E-state index contributed by atoms with van der Waals surface area (Å²) in [6, 6.07) is 8.31. The Labute approximate surface area is 184 Å². The number of hydrogen-bond acceptors (Lipinski definition) is 4. The molecule has 160 valence electrons. The second-order valence-corrected chi connectivity index (χ2v) is 8.03. The molecule has 0 spiro atoms. The van der Waals surface area contributed by atoms with E-state index in [9.17, 15) is 14.4 Å². The number of rotatable bonds is 8. The van der Waals surface area contributed by atoms with Gasteiger partial charge >= 0.3 is 0 Å². The maximum atomic E-state index is 13.0. The lowest BCUT2D eigenvalue weighted by Gasteiger charge is -2.25. The van der Waals surface area contributed by atoms with Crippen LogP contribution in [0.5, 0.6) is 0 Å². The number of carbonyl (C=O) groups excluding carboxylic acids is 3. The number of amides is 3. The maximum absolute atomic E-state index is 13.0. The lowest BCUT2D eigenvalue weighted by atomic mass is 10.1. The van der Waals surface area contributed by atoms with Crippen molar-refractivity contribution in [1.29, 1.82) is 0 Å². The van der Waals surface area contributed by atoms with Gasteiger partial charge in [0.1, 0.15) is 5.76 Å². The predicted octanol–water partition coefficient (Wildman–Crippen LogP) is 3.81. The van der Waals surface area contributed by atoms with E-state index in [0.29, 0.717) is 47.5 Å². The molecule has 1 unspecified atom stereocenters. The third-order valence-corrected chi connectivity index (χ3v) is 5.38. The number of benzene rings is 1. The van der Waals surface area contributed by atoms with Crippen LogP contribution >= 0.6 is 23.2 Å². The highest BCUT2D eigenvalue weighted by Crippen LogP contribution is 2.26. The zero-order chi connectivity index (χ0) is 21.7. The molecule has 1 fully saturated rings. The molecule has 0 radical (unpaired) electrons. The first-order chi connectivity index (χ1) is 14.4. The van der Waals surface area contributed by atoms with Gasteiger partial charge in [0.05, 0.1) is 36.0 Å². The van der Waals surface area contributed by atoms with Crippen molar-refractivity contribution in [3.05, 3.63) is 52.4 Å². The van der Waals surface area contributed by atoms with E-state index < -0.39 is 5.92 Å². The van der Waals surface area contributed by atoms with Crippen molar-refractivity contribution in [2.75, 3.05) is 25.0 Å². The van der Waals surface area contributed by atoms with Crippen LogP contribution in [0.15, 0.2) is 41.0 Å². The molecule has 7 nitrogen and oxygen atoms in total. The number of furan rings is 1. The van der Waals surface area contributed by atoms with Crippen LogP contribution in [0.25, 0.3) is 0 Å². The van der Waals surface area contributed by atoms with Crippen molar-refractivity contribution >= 4 is 46.6 Å². The van der Waals surface area contributed by atoms with E-state index in [1.807, 2.05) is 6.92 Å². The molecule has 1 saturated heterocycles. The topological polar surface area (TPSA) is 82.9 Å². The highest BCUT2D eigenvalue weighted by atomic mass is 35.5. The summed E-state index contributed by atoms with van der Waals surface area (Å²) in [4.78, 5) is 41.0. The fourth-order valence-corrected chi connectivity index (χ4v) is 3.89. The monoisotopic (exact) mass is 451 g/mol. The highest BCUT2D eigenvalue weighted by Gasteiger charge is 2.37. The molecular formula is C21H23Cl2N3O4. The second-order valence-electron chi connectivity index (χ2n) is 7.19. The van der Waals surface area contributed by atoms with E-state index >= 15 is 0 Å². The van der Waals surface area contributed by atoms with E-state index in [1.165, 1.54) is 11.0 Å². The summed E-state index contributed by atoms with van der Waals surface area (Å²) in [7, 11) is 0. The van der Waals surface area contributed by atoms with Gasteiger partial charge in [0.2, 0.25) is 17.7 Å². The SMILES string of the molecule is CCCN(CC(=O)Nc1ccc(Cl)cc1Cl)C(=O)C1CC(=O)N(Cc2ccco2)C1. The molecule has 0 bridgehead atoms. The standard InChI is InChI=1S/C21H23Cl2N3O4/c1-2-7-25(13-19(27)24-18-6-5-15(22)10-17(18)23)21(29)14-9-20(28)26(11-14)12-16-4-3-8-30-16/h3-6,8,10,14H,2,7,9,11-13H2,1H3,(H,24,27). The minimum absolute atomic E-state index is 0.0985. The average molecular weight is 452 g/mol. The van der Waals surface area contributed by atoms with Crippen LogP contribution in [0.4, 0.5) is 5.69 Å². The Morgan fingerprint density at radius 2 is 2.10 bits per heavy atom. The minimum atomic E-state index is -0.481. The zero-order valence-electron chi connectivity index (χ0n) is 16.6. The van der Waals surface area contributed by atoms with Crippen LogP contribution in [-0.2, 0) is 20.9 Å². The number of carbonyl (C=O) groups is 3. The van der Waals surface area contributed by atoms with Crippen molar-refractivity contribution in [3.63, 3.8) is 0 Å². The van der Waals surface area contributed by atoms with Gasteiger partial charge < -0.3 is 19.5 Å². The predicted molar refractivity (Wildman–Crippen MR) is 114 cm³/mol. The van der Waals surface area contributed by atoms with Crippen LogP contribution in [0.2, 0.25) is 10.0 Å². The molecule has 1 aliphatic rings. The van der Waals surface area contributed by atoms with Gasteiger partial charge in [-0.1, -0.05) is 30.1 Å². The third kappa shape index (κ3) is 5.55. The van der Waals surface area contributed by atoms with Gasteiger partial charge in [-0.05, 0) is 36.8 Å². The molecule has 3 amide bonds. The molecule has 1 aromatic carbocycles. The number of nitrogens with one attached hydrogen (secondary N) is 1. The van der Waals surface area contributed by atoms with Crippen molar-refractivity contribution in [2.24, 2.45) is 5.92 Å². The molecule has 30 heavy (non-hydrogen) atoms. The van der Waals surface area contributed by atoms with Gasteiger partial charge in [-0.25, -0.2) is 0 Å². The molecule has 2 aromatic rings. The number of hydrogen-bond donors (Lipinski definition) is 1. The average Bonchev–Trinajstić information content (AvgIpc) is 3.33. The summed E-state index contributed by atoms with van der Waals surface area (Å²) in [5.41, 5.74) is 0.427. The Kier molecular flexibility index (Phi) is 7.39. The van der Waals surface area contributed by atoms with Crippen molar-refractivity contribution < 1.29 is 18.8 Å². The quantitative estimate of drug-likeness (QED) is 0.661. The van der Waals surface area contributed by atoms with E-state index in [2.05, 4.69) is 5.32 Å². The molecule has 3 rings (SSSR count). The lowest BCUT2D eigenvalue weighted by Crippen LogP contribution is -2.42. The maximum Gasteiger partial charge on any atom is 0.244 e. The molecule has 0 aliphatic carbocycles. The van der Waals surface area contributed by atoms with Gasteiger partial charge in [0.15, 0.2) is 0 Å². The van der Waals surface area contributed by atoms with Crippen molar-refractivity contribution in [2.45, 2.75) is 26.3 Å². The molecular weight excluding hydrogens is 429 g/mol. The Morgan fingerprint density at radius 1 is 1.30 bits per heavy atom. The summed E-state index contributed by atoms with van der Waals surface area (Å²) >= 11 is 12.0. The summed E-state index contributed by atoms with van der Waals surface area (Å²) in [6.45, 7) is 2.87. The van der Waals surface area contributed by atoms with E-state index in [1.54, 1.807) is 35.4 Å². The van der Waals surface area contributed by atoms with Crippen LogP contribution in [0.1, 0.15) is 25.5 Å². The Hall–Kier alpha value is -2.51. The van der Waals surface area contributed by atoms with Gasteiger partial charge in [-0.15, -0.1) is 0 Å². The van der Waals surface area contributed by atoms with E-state index in [4.69, 9.17) is 27.6 Å². The number of likely N-dealkylation sites (tertiary alicyclic amines) is 1. The highest BCUT2D eigenvalue weighted by molar-refractivity contribution is 6.36. The zero-order valence-corrected chi connectivity index (χ0v) is 18.1. The van der Waals surface area contributed by atoms with Crippen LogP contribution < -0.4 is 5.32 Å². The van der Waals surface area contributed by atoms with Crippen LogP contribution in [0.3, 0.4) is 0 Å².